The standard InChI is InChI=1S/C22H30N2O5/c1-2-27-22(26)18-13-17(18)14-24(10-9-23-7-3-4-8-23)21(25)12-16-5-6-19-20(11-16)29-15-28-19/h5-6,11,17-18H,2-4,7-10,12-15H2,1H3/t17-,18-/m0/s1. The fraction of sp³-hybridized carbons (Fsp3) is 0.636. The first kappa shape index (κ1) is 20.0. The number of carbonyl (C=O) groups is 2. The molecule has 29 heavy (non-hydrogen) atoms. The van der Waals surface area contributed by atoms with Crippen molar-refractivity contribution in [2.45, 2.75) is 32.6 Å². The minimum atomic E-state index is -0.125. The number of fused-ring (bicyclic) bond motifs is 1. The molecule has 7 heteroatoms. The molecule has 1 aliphatic carbocycles. The van der Waals surface area contributed by atoms with Gasteiger partial charge in [-0.1, -0.05) is 6.07 Å². The van der Waals surface area contributed by atoms with Crippen molar-refractivity contribution in [1.29, 1.82) is 0 Å². The zero-order valence-corrected chi connectivity index (χ0v) is 17.1. The summed E-state index contributed by atoms with van der Waals surface area (Å²) >= 11 is 0. The molecule has 2 fully saturated rings. The van der Waals surface area contributed by atoms with E-state index in [1.807, 2.05) is 30.0 Å². The lowest BCUT2D eigenvalue weighted by Crippen LogP contribution is -2.40. The van der Waals surface area contributed by atoms with Crippen LogP contribution in [0.4, 0.5) is 0 Å². The quantitative estimate of drug-likeness (QED) is 0.589. The maximum Gasteiger partial charge on any atom is 0.309 e. The molecule has 4 rings (SSSR count). The van der Waals surface area contributed by atoms with E-state index in [4.69, 9.17) is 14.2 Å². The molecule has 2 atom stereocenters. The van der Waals surface area contributed by atoms with Crippen LogP contribution in [0.15, 0.2) is 18.2 Å². The van der Waals surface area contributed by atoms with E-state index in [1.165, 1.54) is 12.8 Å². The third-order valence-corrected chi connectivity index (χ3v) is 6.00. The van der Waals surface area contributed by atoms with Gasteiger partial charge in [-0.3, -0.25) is 9.59 Å². The molecule has 0 radical (unpaired) electrons. The van der Waals surface area contributed by atoms with Crippen LogP contribution < -0.4 is 9.47 Å². The Morgan fingerprint density at radius 1 is 1.21 bits per heavy atom. The second-order valence-corrected chi connectivity index (χ2v) is 8.11. The summed E-state index contributed by atoms with van der Waals surface area (Å²) in [5, 5.41) is 0. The number of likely N-dealkylation sites (tertiary alicyclic amines) is 1. The van der Waals surface area contributed by atoms with Crippen LogP contribution in [-0.4, -0.2) is 67.8 Å². The number of ether oxygens (including phenoxy) is 3. The summed E-state index contributed by atoms with van der Waals surface area (Å²) in [7, 11) is 0. The zero-order chi connectivity index (χ0) is 20.2. The van der Waals surface area contributed by atoms with Gasteiger partial charge in [-0.25, -0.2) is 0 Å². The Morgan fingerprint density at radius 3 is 2.79 bits per heavy atom. The van der Waals surface area contributed by atoms with Crippen molar-refractivity contribution in [1.82, 2.24) is 9.80 Å². The summed E-state index contributed by atoms with van der Waals surface area (Å²) < 4.78 is 15.9. The molecule has 3 aliphatic rings. The number of hydrogen-bond acceptors (Lipinski definition) is 6. The predicted octanol–water partition coefficient (Wildman–Crippen LogP) is 2.08. The molecular weight excluding hydrogens is 372 g/mol. The Bertz CT molecular complexity index is 747. The van der Waals surface area contributed by atoms with Crippen LogP contribution in [0.25, 0.3) is 0 Å². The summed E-state index contributed by atoms with van der Waals surface area (Å²) in [6, 6.07) is 5.66. The zero-order valence-electron chi connectivity index (χ0n) is 17.1. The first-order chi connectivity index (χ1) is 14.1. The average Bonchev–Trinajstić information content (AvgIpc) is 3.07. The Balaban J connectivity index is 1.37. The van der Waals surface area contributed by atoms with E-state index in [0.717, 1.165) is 37.4 Å². The molecule has 1 aromatic rings. The number of hydrogen-bond donors (Lipinski definition) is 0. The molecule has 0 aromatic heterocycles. The van der Waals surface area contributed by atoms with Gasteiger partial charge >= 0.3 is 5.97 Å². The fourth-order valence-corrected chi connectivity index (χ4v) is 4.19. The van der Waals surface area contributed by atoms with E-state index in [2.05, 4.69) is 4.90 Å². The highest BCUT2D eigenvalue weighted by Gasteiger charge is 2.45. The van der Waals surface area contributed by atoms with Crippen LogP contribution in [0.1, 0.15) is 31.7 Å². The molecule has 7 nitrogen and oxygen atoms in total. The summed E-state index contributed by atoms with van der Waals surface area (Å²) in [5.74, 6) is 1.56. The highest BCUT2D eigenvalue weighted by molar-refractivity contribution is 5.80. The summed E-state index contributed by atoms with van der Waals surface area (Å²) in [5.41, 5.74) is 0.920. The Labute approximate surface area is 171 Å². The van der Waals surface area contributed by atoms with Crippen molar-refractivity contribution in [3.05, 3.63) is 23.8 Å². The summed E-state index contributed by atoms with van der Waals surface area (Å²) in [4.78, 5) is 29.4. The molecule has 1 saturated carbocycles. The van der Waals surface area contributed by atoms with E-state index >= 15 is 0 Å². The Morgan fingerprint density at radius 2 is 2.00 bits per heavy atom. The Hall–Kier alpha value is -2.28. The largest absolute Gasteiger partial charge is 0.466 e. The second-order valence-electron chi connectivity index (χ2n) is 8.11. The molecule has 2 heterocycles. The third kappa shape index (κ3) is 5.01. The first-order valence-electron chi connectivity index (χ1n) is 10.7. The van der Waals surface area contributed by atoms with Gasteiger partial charge in [0.2, 0.25) is 12.7 Å². The third-order valence-electron chi connectivity index (χ3n) is 6.00. The van der Waals surface area contributed by atoms with Crippen LogP contribution >= 0.6 is 0 Å². The van der Waals surface area contributed by atoms with Gasteiger partial charge < -0.3 is 24.0 Å². The number of benzene rings is 1. The highest BCUT2D eigenvalue weighted by atomic mass is 16.7. The van der Waals surface area contributed by atoms with Crippen molar-refractivity contribution in [2.24, 2.45) is 11.8 Å². The normalized spacial score (nSPS) is 22.5. The molecule has 0 unspecified atom stereocenters. The SMILES string of the molecule is CCOC(=O)[C@H]1C[C@H]1CN(CCN1CCCC1)C(=O)Cc1ccc2c(c1)OCO2. The van der Waals surface area contributed by atoms with Crippen LogP contribution in [0.5, 0.6) is 11.5 Å². The maximum absolute atomic E-state index is 13.1. The van der Waals surface area contributed by atoms with Crippen molar-refractivity contribution in [3.8, 4) is 11.5 Å². The molecular formula is C22H30N2O5. The lowest BCUT2D eigenvalue weighted by atomic mass is 10.1. The molecule has 1 saturated heterocycles. The lowest BCUT2D eigenvalue weighted by Gasteiger charge is -2.26. The van der Waals surface area contributed by atoms with E-state index in [0.29, 0.717) is 31.9 Å². The number of carbonyl (C=O) groups excluding carboxylic acids is 2. The fourth-order valence-electron chi connectivity index (χ4n) is 4.19. The second kappa shape index (κ2) is 9.03. The van der Waals surface area contributed by atoms with E-state index in [-0.39, 0.29) is 30.5 Å². The van der Waals surface area contributed by atoms with Crippen molar-refractivity contribution >= 4 is 11.9 Å². The topological polar surface area (TPSA) is 68.3 Å². The Kier molecular flexibility index (Phi) is 6.23. The molecule has 158 valence electrons. The van der Waals surface area contributed by atoms with Crippen molar-refractivity contribution in [2.75, 3.05) is 46.1 Å². The lowest BCUT2D eigenvalue weighted by molar-refractivity contribution is -0.145. The van der Waals surface area contributed by atoms with Crippen molar-refractivity contribution in [3.63, 3.8) is 0 Å². The molecule has 1 aromatic carbocycles. The highest BCUT2D eigenvalue weighted by Crippen LogP contribution is 2.40. The number of esters is 1. The molecule has 0 N–H and O–H groups in total. The predicted molar refractivity (Wildman–Crippen MR) is 107 cm³/mol. The minimum absolute atomic E-state index is 0.0532. The summed E-state index contributed by atoms with van der Waals surface area (Å²) in [6.45, 7) is 6.90. The maximum atomic E-state index is 13.1. The van der Waals surface area contributed by atoms with Crippen LogP contribution in [-0.2, 0) is 20.7 Å². The monoisotopic (exact) mass is 402 g/mol. The number of nitrogens with zero attached hydrogens (tertiary/aromatic N) is 2. The van der Waals surface area contributed by atoms with E-state index in [1.54, 1.807) is 0 Å². The van der Waals surface area contributed by atoms with E-state index in [9.17, 15) is 9.59 Å². The van der Waals surface area contributed by atoms with Gasteiger partial charge in [0, 0.05) is 19.6 Å². The molecule has 0 spiro atoms. The van der Waals surface area contributed by atoms with Gasteiger partial charge in [0.1, 0.15) is 0 Å². The summed E-state index contributed by atoms with van der Waals surface area (Å²) in [6.07, 6.45) is 3.61. The van der Waals surface area contributed by atoms with Crippen LogP contribution in [0, 0.1) is 11.8 Å². The minimum Gasteiger partial charge on any atom is -0.466 e. The van der Waals surface area contributed by atoms with Crippen LogP contribution in [0.3, 0.4) is 0 Å². The van der Waals surface area contributed by atoms with Gasteiger partial charge in [0.25, 0.3) is 0 Å². The van der Waals surface area contributed by atoms with E-state index < -0.39 is 0 Å². The number of amides is 1. The van der Waals surface area contributed by atoms with Gasteiger partial charge in [0.05, 0.1) is 18.9 Å². The molecule has 1 amide bonds. The molecule has 2 aliphatic heterocycles. The van der Waals surface area contributed by atoms with Gasteiger partial charge in [-0.05, 0) is 62.9 Å². The average molecular weight is 402 g/mol. The van der Waals surface area contributed by atoms with Crippen LogP contribution in [0.2, 0.25) is 0 Å². The first-order valence-corrected chi connectivity index (χ1v) is 10.7. The van der Waals surface area contributed by atoms with Gasteiger partial charge in [0.15, 0.2) is 11.5 Å². The molecule has 0 bridgehead atoms. The number of rotatable bonds is 9. The van der Waals surface area contributed by atoms with Gasteiger partial charge in [-0.2, -0.15) is 0 Å². The smallest absolute Gasteiger partial charge is 0.309 e. The van der Waals surface area contributed by atoms with Crippen molar-refractivity contribution < 1.29 is 23.8 Å². The van der Waals surface area contributed by atoms with Gasteiger partial charge in [-0.15, -0.1) is 0 Å².